The van der Waals surface area contributed by atoms with Crippen LogP contribution in [0.3, 0.4) is 0 Å². The molecule has 0 radical (unpaired) electrons. The topological polar surface area (TPSA) is 21.3 Å². The number of hydrogen-bond donors (Lipinski definition) is 1. The maximum Gasteiger partial charge on any atom is 0.118 e. The summed E-state index contributed by atoms with van der Waals surface area (Å²) >= 11 is 1.88. The SMILES string of the molecule is CCNC(c1ccc(OC)cc1)C(C)SC. The molecule has 1 N–H and O–H groups in total. The molecule has 0 saturated carbocycles. The fourth-order valence-corrected chi connectivity index (χ4v) is 2.25. The van der Waals surface area contributed by atoms with E-state index in [2.05, 4.69) is 37.6 Å². The van der Waals surface area contributed by atoms with E-state index in [1.54, 1.807) is 7.11 Å². The Hall–Kier alpha value is -0.670. The molecule has 1 aromatic rings. The number of thioether (sulfide) groups is 1. The third-order valence-corrected chi connectivity index (χ3v) is 3.76. The minimum absolute atomic E-state index is 0.408. The summed E-state index contributed by atoms with van der Waals surface area (Å²) < 4.78 is 5.17. The van der Waals surface area contributed by atoms with Crippen LogP contribution in [-0.4, -0.2) is 25.2 Å². The molecule has 90 valence electrons. The molecule has 0 bridgehead atoms. The first-order chi connectivity index (χ1) is 7.72. The highest BCUT2D eigenvalue weighted by atomic mass is 32.2. The number of benzene rings is 1. The molecule has 0 fully saturated rings. The summed E-state index contributed by atoms with van der Waals surface area (Å²) in [5.41, 5.74) is 1.32. The van der Waals surface area contributed by atoms with E-state index in [1.807, 2.05) is 23.9 Å². The Morgan fingerprint density at radius 3 is 2.38 bits per heavy atom. The van der Waals surface area contributed by atoms with Gasteiger partial charge in [0.2, 0.25) is 0 Å². The van der Waals surface area contributed by atoms with Crippen molar-refractivity contribution in [2.75, 3.05) is 19.9 Å². The van der Waals surface area contributed by atoms with E-state index < -0.39 is 0 Å². The number of methoxy groups -OCH3 is 1. The highest BCUT2D eigenvalue weighted by Gasteiger charge is 2.17. The molecule has 2 atom stereocenters. The standard InChI is InChI=1S/C13H21NOS/c1-5-14-13(10(2)16-4)11-6-8-12(15-3)9-7-11/h6-10,13-14H,5H2,1-4H3. The van der Waals surface area contributed by atoms with E-state index in [4.69, 9.17) is 4.74 Å². The Bertz CT molecular complexity index is 299. The van der Waals surface area contributed by atoms with E-state index in [-0.39, 0.29) is 0 Å². The molecule has 0 aliphatic carbocycles. The van der Waals surface area contributed by atoms with Gasteiger partial charge in [-0.15, -0.1) is 0 Å². The first kappa shape index (κ1) is 13.4. The molecule has 2 nitrogen and oxygen atoms in total. The Morgan fingerprint density at radius 1 is 1.31 bits per heavy atom. The molecular formula is C13H21NOS. The third-order valence-electron chi connectivity index (χ3n) is 2.74. The molecule has 0 amide bonds. The summed E-state index contributed by atoms with van der Waals surface area (Å²) in [5, 5.41) is 4.09. The summed E-state index contributed by atoms with van der Waals surface area (Å²) in [5.74, 6) is 0.913. The van der Waals surface area contributed by atoms with E-state index in [1.165, 1.54) is 5.56 Å². The second kappa shape index (κ2) is 6.81. The second-order valence-corrected chi connectivity index (χ2v) is 4.96. The maximum absolute atomic E-state index is 5.17. The summed E-state index contributed by atoms with van der Waals surface area (Å²) in [6.45, 7) is 5.38. The quantitative estimate of drug-likeness (QED) is 0.824. The molecule has 1 rings (SSSR count). The molecule has 1 aromatic carbocycles. The molecule has 0 aliphatic heterocycles. The van der Waals surface area contributed by atoms with Crippen LogP contribution >= 0.6 is 11.8 Å². The summed E-state index contributed by atoms with van der Waals surface area (Å²) in [4.78, 5) is 0. The maximum atomic E-state index is 5.17. The van der Waals surface area contributed by atoms with Crippen LogP contribution in [0.1, 0.15) is 25.5 Å². The van der Waals surface area contributed by atoms with Gasteiger partial charge in [0.1, 0.15) is 5.75 Å². The fraction of sp³-hybridized carbons (Fsp3) is 0.538. The number of rotatable bonds is 6. The van der Waals surface area contributed by atoms with E-state index in [0.717, 1.165) is 12.3 Å². The van der Waals surface area contributed by atoms with Gasteiger partial charge in [-0.05, 0) is 30.5 Å². The largest absolute Gasteiger partial charge is 0.497 e. The van der Waals surface area contributed by atoms with Crippen LogP contribution in [0.25, 0.3) is 0 Å². The van der Waals surface area contributed by atoms with E-state index >= 15 is 0 Å². The van der Waals surface area contributed by atoms with Gasteiger partial charge in [-0.1, -0.05) is 26.0 Å². The molecular weight excluding hydrogens is 218 g/mol. The molecule has 0 spiro atoms. The highest BCUT2D eigenvalue weighted by Crippen LogP contribution is 2.26. The minimum Gasteiger partial charge on any atom is -0.497 e. The van der Waals surface area contributed by atoms with Crippen molar-refractivity contribution in [2.24, 2.45) is 0 Å². The summed E-state index contributed by atoms with van der Waals surface area (Å²) in [7, 11) is 1.70. The van der Waals surface area contributed by atoms with Crippen LogP contribution in [-0.2, 0) is 0 Å². The van der Waals surface area contributed by atoms with Crippen molar-refractivity contribution in [3.8, 4) is 5.75 Å². The second-order valence-electron chi connectivity index (χ2n) is 3.75. The minimum atomic E-state index is 0.408. The fourth-order valence-electron chi connectivity index (χ4n) is 1.72. The van der Waals surface area contributed by atoms with Gasteiger partial charge in [-0.3, -0.25) is 0 Å². The van der Waals surface area contributed by atoms with Gasteiger partial charge in [0.15, 0.2) is 0 Å². The van der Waals surface area contributed by atoms with Crippen LogP contribution in [0, 0.1) is 0 Å². The first-order valence-corrected chi connectivity index (χ1v) is 6.91. The molecule has 0 aromatic heterocycles. The monoisotopic (exact) mass is 239 g/mol. The van der Waals surface area contributed by atoms with Gasteiger partial charge in [0.05, 0.1) is 7.11 Å². The van der Waals surface area contributed by atoms with Crippen LogP contribution in [0.4, 0.5) is 0 Å². The molecule has 2 unspecified atom stereocenters. The lowest BCUT2D eigenvalue weighted by molar-refractivity contribution is 0.414. The average Bonchev–Trinajstić information content (AvgIpc) is 2.35. The molecule has 0 heterocycles. The molecule has 0 saturated heterocycles. The van der Waals surface area contributed by atoms with Gasteiger partial charge in [0.25, 0.3) is 0 Å². The zero-order valence-electron chi connectivity index (χ0n) is 10.5. The summed E-state index contributed by atoms with van der Waals surface area (Å²) in [6.07, 6.45) is 2.15. The zero-order valence-corrected chi connectivity index (χ0v) is 11.3. The molecule has 0 aliphatic rings. The van der Waals surface area contributed by atoms with Crippen molar-refractivity contribution < 1.29 is 4.74 Å². The van der Waals surface area contributed by atoms with Gasteiger partial charge in [-0.2, -0.15) is 11.8 Å². The van der Waals surface area contributed by atoms with Crippen molar-refractivity contribution in [3.63, 3.8) is 0 Å². The highest BCUT2D eigenvalue weighted by molar-refractivity contribution is 7.99. The zero-order chi connectivity index (χ0) is 12.0. The van der Waals surface area contributed by atoms with Gasteiger partial charge in [-0.25, -0.2) is 0 Å². The van der Waals surface area contributed by atoms with Crippen LogP contribution in [0.2, 0.25) is 0 Å². The predicted octanol–water partition coefficient (Wildman–Crippen LogP) is 3.10. The normalized spacial score (nSPS) is 14.5. The first-order valence-electron chi connectivity index (χ1n) is 5.63. The van der Waals surface area contributed by atoms with Crippen LogP contribution in [0.5, 0.6) is 5.75 Å². The number of hydrogen-bond acceptors (Lipinski definition) is 3. The smallest absolute Gasteiger partial charge is 0.118 e. The Morgan fingerprint density at radius 2 is 1.94 bits per heavy atom. The van der Waals surface area contributed by atoms with Gasteiger partial charge in [0, 0.05) is 11.3 Å². The lowest BCUT2D eigenvalue weighted by Gasteiger charge is -2.24. The Labute approximate surface area is 103 Å². The third kappa shape index (κ3) is 3.42. The van der Waals surface area contributed by atoms with Gasteiger partial charge >= 0.3 is 0 Å². The predicted molar refractivity (Wildman–Crippen MR) is 72.4 cm³/mol. The Kier molecular flexibility index (Phi) is 5.71. The number of nitrogens with one attached hydrogen (secondary N) is 1. The Balaban J connectivity index is 2.83. The van der Waals surface area contributed by atoms with Crippen molar-refractivity contribution in [1.82, 2.24) is 5.32 Å². The molecule has 16 heavy (non-hydrogen) atoms. The molecule has 3 heteroatoms. The van der Waals surface area contributed by atoms with Crippen LogP contribution in [0.15, 0.2) is 24.3 Å². The van der Waals surface area contributed by atoms with E-state index in [0.29, 0.717) is 11.3 Å². The number of ether oxygens (including phenoxy) is 1. The summed E-state index contributed by atoms with van der Waals surface area (Å²) in [6, 6.07) is 8.72. The van der Waals surface area contributed by atoms with Crippen LogP contribution < -0.4 is 10.1 Å². The lowest BCUT2D eigenvalue weighted by atomic mass is 10.0. The van der Waals surface area contributed by atoms with Crippen molar-refractivity contribution in [2.45, 2.75) is 25.1 Å². The average molecular weight is 239 g/mol. The van der Waals surface area contributed by atoms with Crippen molar-refractivity contribution >= 4 is 11.8 Å². The lowest BCUT2D eigenvalue weighted by Crippen LogP contribution is -2.28. The van der Waals surface area contributed by atoms with E-state index in [9.17, 15) is 0 Å². The van der Waals surface area contributed by atoms with Gasteiger partial charge < -0.3 is 10.1 Å². The van der Waals surface area contributed by atoms with Crippen molar-refractivity contribution in [3.05, 3.63) is 29.8 Å². The van der Waals surface area contributed by atoms with Crippen molar-refractivity contribution in [1.29, 1.82) is 0 Å².